The van der Waals surface area contributed by atoms with Gasteiger partial charge < -0.3 is 4.85 Å². The predicted octanol–water partition coefficient (Wildman–Crippen LogP) is 1.91. The van der Waals surface area contributed by atoms with Crippen LogP contribution in [-0.2, 0) is 6.42 Å². The summed E-state index contributed by atoms with van der Waals surface area (Å²) in [5.41, 5.74) is 2.91. The summed E-state index contributed by atoms with van der Waals surface area (Å²) in [6.07, 6.45) is 0.861. The molecule has 0 aliphatic carbocycles. The van der Waals surface area contributed by atoms with E-state index in [9.17, 15) is 0 Å². The molecule has 0 unspecified atom stereocenters. The highest BCUT2D eigenvalue weighted by Crippen LogP contribution is 2.12. The lowest BCUT2D eigenvalue weighted by molar-refractivity contribution is 1.07. The van der Waals surface area contributed by atoms with Gasteiger partial charge >= 0.3 is 0 Å². The minimum absolute atomic E-state index is 0.586. The normalized spacial score (nSPS) is 9.20. The van der Waals surface area contributed by atoms with Crippen LogP contribution in [-0.4, -0.2) is 11.5 Å². The second kappa shape index (κ2) is 3.33. The minimum atomic E-state index is 0.586. The van der Waals surface area contributed by atoms with Gasteiger partial charge in [0.2, 0.25) is 6.54 Å². The van der Waals surface area contributed by atoms with Crippen LogP contribution in [0.2, 0.25) is 0 Å². The summed E-state index contributed by atoms with van der Waals surface area (Å²) in [7, 11) is 0. The van der Waals surface area contributed by atoms with Crippen molar-refractivity contribution in [2.24, 2.45) is 0 Å². The third-order valence-corrected chi connectivity index (χ3v) is 2.29. The quantitative estimate of drug-likeness (QED) is 0.592. The largest absolute Gasteiger partial charge is 0.317 e. The van der Waals surface area contributed by atoms with Crippen molar-refractivity contribution in [3.63, 3.8) is 0 Å². The number of hydrogen-bond donors (Lipinski definition) is 0. The van der Waals surface area contributed by atoms with Crippen molar-refractivity contribution in [3.05, 3.63) is 27.5 Å². The maximum Gasteiger partial charge on any atom is 0.219 e. The fourth-order valence-corrected chi connectivity index (χ4v) is 1.49. The molecule has 52 valence electrons. The van der Waals surface area contributed by atoms with Crippen molar-refractivity contribution in [2.75, 3.05) is 6.54 Å². The Hall–Kier alpha value is -0.880. The first-order valence-electron chi connectivity index (χ1n) is 3.07. The molecule has 0 N–H and O–H groups in total. The molecule has 2 nitrogen and oxygen atoms in total. The molecule has 0 saturated heterocycles. The molecular formula is C7H8N2S. The van der Waals surface area contributed by atoms with Crippen molar-refractivity contribution in [2.45, 2.75) is 13.3 Å². The van der Waals surface area contributed by atoms with Crippen LogP contribution in [0.25, 0.3) is 4.85 Å². The highest BCUT2D eigenvalue weighted by Gasteiger charge is 2.00. The van der Waals surface area contributed by atoms with Crippen molar-refractivity contribution >= 4 is 11.3 Å². The predicted molar refractivity (Wildman–Crippen MR) is 42.0 cm³/mol. The second-order valence-electron chi connectivity index (χ2n) is 1.99. The Kier molecular flexibility index (Phi) is 2.41. The van der Waals surface area contributed by atoms with Gasteiger partial charge in [0, 0.05) is 4.88 Å². The molecule has 0 bridgehead atoms. The number of nitrogens with zero attached hydrogens (tertiary/aromatic N) is 2. The number of aromatic nitrogens is 1. The molecule has 0 aliphatic rings. The second-order valence-corrected chi connectivity index (χ2v) is 2.93. The van der Waals surface area contributed by atoms with Gasteiger partial charge in [-0.05, 0) is 6.92 Å². The monoisotopic (exact) mass is 152 g/mol. The van der Waals surface area contributed by atoms with Crippen molar-refractivity contribution < 1.29 is 0 Å². The van der Waals surface area contributed by atoms with Crippen LogP contribution in [0, 0.1) is 13.5 Å². The van der Waals surface area contributed by atoms with Crippen molar-refractivity contribution in [1.82, 2.24) is 4.98 Å². The van der Waals surface area contributed by atoms with E-state index in [1.807, 2.05) is 12.4 Å². The first-order valence-corrected chi connectivity index (χ1v) is 3.94. The lowest BCUT2D eigenvalue weighted by Gasteiger charge is -1.87. The summed E-state index contributed by atoms with van der Waals surface area (Å²) in [6, 6.07) is 0. The zero-order valence-electron chi connectivity index (χ0n) is 5.79. The zero-order chi connectivity index (χ0) is 7.40. The van der Waals surface area contributed by atoms with Gasteiger partial charge in [-0.2, -0.15) is 0 Å². The summed E-state index contributed by atoms with van der Waals surface area (Å²) < 4.78 is 0. The van der Waals surface area contributed by atoms with E-state index >= 15 is 0 Å². The molecule has 0 saturated carbocycles. The maximum absolute atomic E-state index is 6.58. The molecule has 1 heterocycles. The van der Waals surface area contributed by atoms with Gasteiger partial charge in [0.25, 0.3) is 0 Å². The molecule has 0 atom stereocenters. The van der Waals surface area contributed by atoms with Crippen molar-refractivity contribution in [1.29, 1.82) is 0 Å². The Morgan fingerprint density at radius 3 is 3.10 bits per heavy atom. The van der Waals surface area contributed by atoms with Gasteiger partial charge in [-0.25, -0.2) is 11.6 Å². The molecule has 0 amide bonds. The maximum atomic E-state index is 6.58. The molecule has 0 aromatic carbocycles. The van der Waals surface area contributed by atoms with Crippen LogP contribution in [0.3, 0.4) is 0 Å². The Balaban J connectivity index is 2.59. The Morgan fingerprint density at radius 1 is 1.80 bits per heavy atom. The number of rotatable bonds is 2. The van der Waals surface area contributed by atoms with E-state index in [2.05, 4.69) is 9.83 Å². The van der Waals surface area contributed by atoms with Gasteiger partial charge in [-0.15, -0.1) is 11.3 Å². The summed E-state index contributed by atoms with van der Waals surface area (Å²) in [5, 5.41) is 0. The molecule has 1 aromatic heterocycles. The van der Waals surface area contributed by atoms with Crippen LogP contribution in [0.5, 0.6) is 0 Å². The molecule has 1 aromatic rings. The summed E-state index contributed by atoms with van der Waals surface area (Å²) in [6.45, 7) is 9.15. The Morgan fingerprint density at radius 2 is 2.60 bits per heavy atom. The zero-order valence-corrected chi connectivity index (χ0v) is 6.61. The smallest absolute Gasteiger partial charge is 0.219 e. The van der Waals surface area contributed by atoms with E-state index in [1.165, 1.54) is 4.88 Å². The highest BCUT2D eigenvalue weighted by molar-refractivity contribution is 7.09. The number of thiazole rings is 1. The third-order valence-electron chi connectivity index (χ3n) is 1.30. The van der Waals surface area contributed by atoms with E-state index in [0.717, 1.165) is 12.1 Å². The highest BCUT2D eigenvalue weighted by atomic mass is 32.1. The SMILES string of the molecule is [C-]#[N+]CCc1scnc1C. The van der Waals surface area contributed by atoms with Gasteiger partial charge in [0.15, 0.2) is 0 Å². The van der Waals surface area contributed by atoms with Crippen LogP contribution >= 0.6 is 11.3 Å². The average molecular weight is 152 g/mol. The average Bonchev–Trinajstić information content (AvgIpc) is 2.31. The Labute approximate surface area is 64.4 Å². The lowest BCUT2D eigenvalue weighted by atomic mass is 10.3. The number of hydrogen-bond acceptors (Lipinski definition) is 2. The minimum Gasteiger partial charge on any atom is -0.317 e. The first-order chi connectivity index (χ1) is 4.84. The van der Waals surface area contributed by atoms with Crippen LogP contribution in [0.4, 0.5) is 0 Å². The standard InChI is InChI=1S/C7H8N2S/c1-6-7(3-4-8-2)10-5-9-6/h5H,3-4H2,1H3. The molecule has 0 spiro atoms. The van der Waals surface area contributed by atoms with Gasteiger partial charge in [-0.1, -0.05) is 0 Å². The van der Waals surface area contributed by atoms with E-state index in [1.54, 1.807) is 11.3 Å². The lowest BCUT2D eigenvalue weighted by Crippen LogP contribution is -1.85. The van der Waals surface area contributed by atoms with E-state index in [-0.39, 0.29) is 0 Å². The van der Waals surface area contributed by atoms with E-state index in [0.29, 0.717) is 6.54 Å². The molecule has 1 rings (SSSR count). The van der Waals surface area contributed by atoms with Gasteiger partial charge in [0.05, 0.1) is 17.6 Å². The van der Waals surface area contributed by atoms with Gasteiger partial charge in [-0.3, -0.25) is 0 Å². The summed E-state index contributed by atoms with van der Waals surface area (Å²) in [4.78, 5) is 8.61. The van der Waals surface area contributed by atoms with Gasteiger partial charge in [0.1, 0.15) is 0 Å². The third kappa shape index (κ3) is 1.55. The van der Waals surface area contributed by atoms with Crippen LogP contribution in [0.1, 0.15) is 10.6 Å². The molecule has 3 heteroatoms. The molecule has 10 heavy (non-hydrogen) atoms. The fourth-order valence-electron chi connectivity index (χ4n) is 0.724. The van der Waals surface area contributed by atoms with Crippen LogP contribution < -0.4 is 0 Å². The molecule has 0 fully saturated rings. The summed E-state index contributed by atoms with van der Waals surface area (Å²) >= 11 is 1.64. The van der Waals surface area contributed by atoms with E-state index < -0.39 is 0 Å². The van der Waals surface area contributed by atoms with Crippen molar-refractivity contribution in [3.8, 4) is 0 Å². The van der Waals surface area contributed by atoms with Crippen LogP contribution in [0.15, 0.2) is 5.51 Å². The Bertz CT molecular complexity index is 246. The first kappa shape index (κ1) is 7.23. The summed E-state index contributed by atoms with van der Waals surface area (Å²) in [5.74, 6) is 0. The molecular weight excluding hydrogens is 144 g/mol. The fraction of sp³-hybridized carbons (Fsp3) is 0.429. The molecule has 0 aliphatic heterocycles. The topological polar surface area (TPSA) is 17.2 Å². The molecule has 0 radical (unpaired) electrons. The van der Waals surface area contributed by atoms with E-state index in [4.69, 9.17) is 6.57 Å². The number of aryl methyl sites for hydroxylation is 1.